The molecule has 0 N–H and O–H groups in total. The van der Waals surface area contributed by atoms with Crippen LogP contribution in [0.1, 0.15) is 43.2 Å². The van der Waals surface area contributed by atoms with Gasteiger partial charge in [-0.2, -0.15) is 5.10 Å². The number of rotatable bonds is 4. The van der Waals surface area contributed by atoms with E-state index < -0.39 is 11.6 Å². The number of ether oxygens (including phenoxy) is 1. The maximum atomic E-state index is 14.8. The summed E-state index contributed by atoms with van der Waals surface area (Å²) in [6.07, 6.45) is 7.69. The summed E-state index contributed by atoms with van der Waals surface area (Å²) < 4.78 is 36.6. The minimum absolute atomic E-state index is 0.0462. The Morgan fingerprint density at radius 1 is 1.06 bits per heavy atom. The second-order valence-electron chi connectivity index (χ2n) is 9.16. The van der Waals surface area contributed by atoms with Crippen LogP contribution in [-0.2, 0) is 4.74 Å². The van der Waals surface area contributed by atoms with Gasteiger partial charge in [-0.25, -0.2) is 18.7 Å². The average Bonchev–Trinajstić information content (AvgIpc) is 3.54. The number of anilines is 1. The van der Waals surface area contributed by atoms with E-state index >= 15 is 0 Å². The molecule has 0 radical (unpaired) electrons. The van der Waals surface area contributed by atoms with Crippen LogP contribution in [0.4, 0.5) is 14.6 Å². The number of benzene rings is 1. The number of fused-ring (bicyclic) bond motifs is 1. The molecule has 9 heteroatoms. The second-order valence-corrected chi connectivity index (χ2v) is 9.16. The third kappa shape index (κ3) is 3.90. The van der Waals surface area contributed by atoms with Crippen LogP contribution in [0.2, 0.25) is 0 Å². The van der Waals surface area contributed by atoms with Gasteiger partial charge in [0.25, 0.3) is 0 Å². The Bertz CT molecular complexity index is 1390. The molecule has 3 aromatic heterocycles. The van der Waals surface area contributed by atoms with Gasteiger partial charge in [0.15, 0.2) is 0 Å². The van der Waals surface area contributed by atoms with Crippen LogP contribution in [-0.4, -0.2) is 43.9 Å². The maximum Gasteiger partial charge on any atom is 0.135 e. The zero-order chi connectivity index (χ0) is 23.4. The van der Waals surface area contributed by atoms with Gasteiger partial charge in [-0.1, -0.05) is 0 Å². The third-order valence-electron chi connectivity index (χ3n) is 6.32. The van der Waals surface area contributed by atoms with E-state index in [0.717, 1.165) is 17.3 Å². The first-order valence-corrected chi connectivity index (χ1v) is 11.5. The summed E-state index contributed by atoms with van der Waals surface area (Å²) in [5, 5.41) is 4.51. The van der Waals surface area contributed by atoms with Crippen molar-refractivity contribution in [2.75, 3.05) is 18.0 Å². The summed E-state index contributed by atoms with van der Waals surface area (Å²) >= 11 is 0. The molecule has 0 amide bonds. The Morgan fingerprint density at radius 3 is 2.71 bits per heavy atom. The van der Waals surface area contributed by atoms with Crippen molar-refractivity contribution in [2.45, 2.75) is 44.9 Å². The van der Waals surface area contributed by atoms with Gasteiger partial charge in [0, 0.05) is 42.2 Å². The molecule has 4 aromatic rings. The van der Waals surface area contributed by atoms with E-state index in [4.69, 9.17) is 9.72 Å². The lowest BCUT2D eigenvalue weighted by atomic mass is 10.1. The van der Waals surface area contributed by atoms with E-state index in [1.807, 2.05) is 30.8 Å². The first-order valence-electron chi connectivity index (χ1n) is 11.5. The molecule has 1 saturated carbocycles. The fraction of sp³-hybridized carbons (Fsp3) is 0.360. The van der Waals surface area contributed by atoms with Gasteiger partial charge in [0.1, 0.15) is 34.8 Å². The highest BCUT2D eigenvalue weighted by atomic mass is 19.1. The second kappa shape index (κ2) is 8.09. The lowest BCUT2D eigenvalue weighted by Crippen LogP contribution is -2.43. The molecule has 0 spiro atoms. The zero-order valence-electron chi connectivity index (χ0n) is 18.9. The third-order valence-corrected chi connectivity index (χ3v) is 6.32. The summed E-state index contributed by atoms with van der Waals surface area (Å²) in [5.41, 5.74) is 3.40. The van der Waals surface area contributed by atoms with Gasteiger partial charge in [-0.15, -0.1) is 0 Å². The van der Waals surface area contributed by atoms with Crippen molar-refractivity contribution in [3.8, 4) is 11.3 Å². The van der Waals surface area contributed by atoms with Crippen molar-refractivity contribution in [3.05, 3.63) is 65.7 Å². The van der Waals surface area contributed by atoms with Crippen LogP contribution in [0.3, 0.4) is 0 Å². The quantitative estimate of drug-likeness (QED) is 0.435. The Morgan fingerprint density at radius 2 is 1.91 bits per heavy atom. The number of nitrogens with zero attached hydrogens (tertiary/aromatic N) is 6. The van der Waals surface area contributed by atoms with Gasteiger partial charge in [-0.05, 0) is 38.8 Å². The Kier molecular flexibility index (Phi) is 5.02. The number of aryl methyl sites for hydroxylation is 1. The molecule has 2 atom stereocenters. The molecular formula is C25H24F2N6O. The van der Waals surface area contributed by atoms with E-state index in [2.05, 4.69) is 26.2 Å². The predicted molar refractivity (Wildman–Crippen MR) is 123 cm³/mol. The SMILES string of the molecule is Cc1cnc2c(-c3ccc(F)cc3F)nc(N3C[C@@H](C)O[C@H](c4cnn(C5CC5)c4)C3)cc2n1. The van der Waals surface area contributed by atoms with Crippen molar-refractivity contribution in [3.63, 3.8) is 0 Å². The normalized spacial score (nSPS) is 20.8. The van der Waals surface area contributed by atoms with Gasteiger partial charge in [-0.3, -0.25) is 9.67 Å². The highest BCUT2D eigenvalue weighted by molar-refractivity contribution is 5.91. The van der Waals surface area contributed by atoms with Crippen molar-refractivity contribution < 1.29 is 13.5 Å². The van der Waals surface area contributed by atoms with Crippen LogP contribution in [0.25, 0.3) is 22.3 Å². The molecule has 6 rings (SSSR count). The van der Waals surface area contributed by atoms with E-state index in [1.54, 1.807) is 6.20 Å². The monoisotopic (exact) mass is 462 g/mol. The summed E-state index contributed by atoms with van der Waals surface area (Å²) in [4.78, 5) is 16.0. The molecule has 2 fully saturated rings. The number of halogens is 2. The number of pyridine rings is 1. The highest BCUT2D eigenvalue weighted by Crippen LogP contribution is 2.36. The van der Waals surface area contributed by atoms with E-state index in [-0.39, 0.29) is 17.8 Å². The molecule has 1 saturated heterocycles. The van der Waals surface area contributed by atoms with Gasteiger partial charge in [0.2, 0.25) is 0 Å². The van der Waals surface area contributed by atoms with Crippen LogP contribution >= 0.6 is 0 Å². The Balaban J connectivity index is 1.41. The lowest BCUT2D eigenvalue weighted by Gasteiger charge is -2.37. The van der Waals surface area contributed by atoms with E-state index in [0.29, 0.717) is 41.7 Å². The Hall–Kier alpha value is -3.46. The number of morpholine rings is 1. The van der Waals surface area contributed by atoms with Gasteiger partial charge < -0.3 is 9.64 Å². The Labute approximate surface area is 195 Å². The molecule has 174 valence electrons. The molecule has 1 aliphatic heterocycles. The van der Waals surface area contributed by atoms with Crippen molar-refractivity contribution in [1.82, 2.24) is 24.7 Å². The average molecular weight is 463 g/mol. The number of hydrogen-bond donors (Lipinski definition) is 0. The van der Waals surface area contributed by atoms with Crippen molar-refractivity contribution in [1.29, 1.82) is 0 Å². The highest BCUT2D eigenvalue weighted by Gasteiger charge is 2.31. The minimum atomic E-state index is -0.686. The van der Waals surface area contributed by atoms with Crippen molar-refractivity contribution >= 4 is 16.9 Å². The number of hydrogen-bond acceptors (Lipinski definition) is 6. The van der Waals surface area contributed by atoms with Gasteiger partial charge >= 0.3 is 0 Å². The molecule has 0 unspecified atom stereocenters. The zero-order valence-corrected chi connectivity index (χ0v) is 18.9. The summed E-state index contributed by atoms with van der Waals surface area (Å²) in [5.74, 6) is -0.671. The summed E-state index contributed by atoms with van der Waals surface area (Å²) in [6, 6.07) is 5.87. The van der Waals surface area contributed by atoms with Gasteiger partial charge in [0.05, 0.1) is 36.1 Å². The fourth-order valence-corrected chi connectivity index (χ4v) is 4.51. The molecular weight excluding hydrogens is 438 g/mol. The molecule has 34 heavy (non-hydrogen) atoms. The topological polar surface area (TPSA) is 69.0 Å². The smallest absolute Gasteiger partial charge is 0.135 e. The fourth-order valence-electron chi connectivity index (χ4n) is 4.51. The van der Waals surface area contributed by atoms with E-state index in [1.165, 1.54) is 25.0 Å². The first-order chi connectivity index (χ1) is 16.4. The maximum absolute atomic E-state index is 14.8. The number of aromatic nitrogens is 5. The lowest BCUT2D eigenvalue weighted by molar-refractivity contribution is -0.0176. The standard InChI is InChI=1S/C25H24F2N6O/c1-14-9-28-25-21(30-14)8-23(31-24(25)19-6-3-17(26)7-20(19)27)32-11-15(2)34-22(13-32)16-10-29-33(12-16)18-4-5-18/h3,6-10,12,15,18,22H,4-5,11,13H2,1-2H3/t15-,22+/m1/s1. The predicted octanol–water partition coefficient (Wildman–Crippen LogP) is 4.78. The molecule has 7 nitrogen and oxygen atoms in total. The van der Waals surface area contributed by atoms with Crippen LogP contribution in [0.5, 0.6) is 0 Å². The summed E-state index contributed by atoms with van der Waals surface area (Å²) in [6.45, 7) is 5.07. The van der Waals surface area contributed by atoms with E-state index in [9.17, 15) is 8.78 Å². The summed E-state index contributed by atoms with van der Waals surface area (Å²) in [7, 11) is 0. The first kappa shape index (κ1) is 21.1. The largest absolute Gasteiger partial charge is 0.367 e. The van der Waals surface area contributed by atoms with Crippen molar-refractivity contribution in [2.24, 2.45) is 0 Å². The molecule has 0 bridgehead atoms. The minimum Gasteiger partial charge on any atom is -0.367 e. The molecule has 1 aromatic carbocycles. The van der Waals surface area contributed by atoms with Crippen LogP contribution in [0.15, 0.2) is 42.9 Å². The molecule has 1 aliphatic carbocycles. The van der Waals surface area contributed by atoms with Crippen LogP contribution in [0, 0.1) is 18.6 Å². The molecule has 2 aliphatic rings. The molecule has 4 heterocycles. The van der Waals surface area contributed by atoms with Crippen LogP contribution < -0.4 is 4.90 Å².